The van der Waals surface area contributed by atoms with Crippen LogP contribution >= 0.6 is 0 Å². The van der Waals surface area contributed by atoms with Crippen LogP contribution in [0.15, 0.2) is 78.9 Å². The average Bonchev–Trinajstić information content (AvgIpc) is 3.20. The van der Waals surface area contributed by atoms with Gasteiger partial charge < -0.3 is 4.74 Å². The Morgan fingerprint density at radius 3 is 2.38 bits per heavy atom. The van der Waals surface area contributed by atoms with E-state index in [-0.39, 0.29) is 47.4 Å². The van der Waals surface area contributed by atoms with E-state index < -0.39 is 11.8 Å². The van der Waals surface area contributed by atoms with Gasteiger partial charge in [0.1, 0.15) is 12.5 Å². The molecule has 3 aromatic rings. The number of benzene rings is 3. The highest BCUT2D eigenvalue weighted by Gasteiger charge is 2.67. The van der Waals surface area contributed by atoms with Crippen LogP contribution < -0.4 is 0 Å². The molecular weight excluding hydrogens is 460 g/mol. The lowest BCUT2D eigenvalue weighted by atomic mass is 9.64. The third-order valence-corrected chi connectivity index (χ3v) is 9.19. The highest BCUT2D eigenvalue weighted by Crippen LogP contribution is 2.72. The SMILES string of the molecule is CC1(C)C2CC[C@]1(C)C(c1cccc3ccccc13)C2OC(=O)CC(=O)CC(=O)C=Cc1ccccc1. The third-order valence-electron chi connectivity index (χ3n) is 9.19. The van der Waals surface area contributed by atoms with Gasteiger partial charge in [-0.15, -0.1) is 0 Å². The lowest BCUT2D eigenvalue weighted by molar-refractivity contribution is -0.155. The van der Waals surface area contributed by atoms with Crippen LogP contribution in [0.5, 0.6) is 0 Å². The second kappa shape index (κ2) is 9.74. The number of allylic oxidation sites excluding steroid dienone is 1. The van der Waals surface area contributed by atoms with Crippen molar-refractivity contribution in [3.05, 3.63) is 90.0 Å². The van der Waals surface area contributed by atoms with Crippen LogP contribution in [0.3, 0.4) is 0 Å². The number of ether oxygens (including phenoxy) is 1. The summed E-state index contributed by atoms with van der Waals surface area (Å²) in [6.45, 7) is 6.91. The van der Waals surface area contributed by atoms with Crippen molar-refractivity contribution in [3.8, 4) is 0 Å². The summed E-state index contributed by atoms with van der Waals surface area (Å²) in [7, 11) is 0. The lowest BCUT2D eigenvalue weighted by Crippen LogP contribution is -2.35. The number of hydrogen-bond donors (Lipinski definition) is 0. The van der Waals surface area contributed by atoms with Gasteiger partial charge in [0.15, 0.2) is 11.6 Å². The van der Waals surface area contributed by atoms with Gasteiger partial charge in [0, 0.05) is 11.8 Å². The maximum absolute atomic E-state index is 13.0. The molecule has 3 aromatic carbocycles. The molecule has 37 heavy (non-hydrogen) atoms. The molecule has 2 aliphatic carbocycles. The third kappa shape index (κ3) is 4.54. The molecule has 3 unspecified atom stereocenters. The second-order valence-electron chi connectivity index (χ2n) is 11.4. The number of esters is 1. The van der Waals surface area contributed by atoms with Gasteiger partial charge >= 0.3 is 5.97 Å². The van der Waals surface area contributed by atoms with Crippen molar-refractivity contribution in [2.24, 2.45) is 16.7 Å². The van der Waals surface area contributed by atoms with Crippen molar-refractivity contribution in [1.82, 2.24) is 0 Å². The van der Waals surface area contributed by atoms with E-state index in [0.29, 0.717) is 0 Å². The molecule has 4 atom stereocenters. The molecule has 0 aromatic heterocycles. The summed E-state index contributed by atoms with van der Waals surface area (Å²) in [5.41, 5.74) is 2.05. The largest absolute Gasteiger partial charge is 0.461 e. The van der Waals surface area contributed by atoms with E-state index in [4.69, 9.17) is 4.74 Å². The summed E-state index contributed by atoms with van der Waals surface area (Å²) in [6, 6.07) is 24.1. The van der Waals surface area contributed by atoms with Crippen molar-refractivity contribution in [2.75, 3.05) is 0 Å². The van der Waals surface area contributed by atoms with Crippen molar-refractivity contribution < 1.29 is 19.1 Å². The Hall–Kier alpha value is -3.53. The first-order chi connectivity index (χ1) is 17.7. The van der Waals surface area contributed by atoms with Gasteiger partial charge in [0.25, 0.3) is 0 Å². The highest BCUT2D eigenvalue weighted by molar-refractivity contribution is 6.10. The summed E-state index contributed by atoms with van der Waals surface area (Å²) in [5, 5.41) is 2.36. The van der Waals surface area contributed by atoms with Crippen LogP contribution in [0.25, 0.3) is 16.8 Å². The number of hydrogen-bond acceptors (Lipinski definition) is 4. The van der Waals surface area contributed by atoms with Crippen molar-refractivity contribution >= 4 is 34.4 Å². The lowest BCUT2D eigenvalue weighted by Gasteiger charge is -2.40. The summed E-state index contributed by atoms with van der Waals surface area (Å²) in [5.74, 6) is -1.00. The number of fused-ring (bicyclic) bond motifs is 3. The molecule has 2 fully saturated rings. The average molecular weight is 495 g/mol. The number of Topliss-reactive ketones (excluding diaryl/α,β-unsaturated/α-hetero) is 1. The Bertz CT molecular complexity index is 1360. The fourth-order valence-electron chi connectivity index (χ4n) is 6.90. The molecule has 5 rings (SSSR count). The minimum Gasteiger partial charge on any atom is -0.461 e. The van der Waals surface area contributed by atoms with Crippen LogP contribution in [0.2, 0.25) is 0 Å². The number of carbonyl (C=O) groups is 3. The van der Waals surface area contributed by atoms with Gasteiger partial charge in [-0.05, 0) is 51.6 Å². The maximum Gasteiger partial charge on any atom is 0.313 e. The molecule has 2 aliphatic rings. The summed E-state index contributed by atoms with van der Waals surface area (Å²) in [4.78, 5) is 37.9. The monoisotopic (exact) mass is 494 g/mol. The summed E-state index contributed by atoms with van der Waals surface area (Å²) in [6.07, 6.45) is 4.17. The zero-order valence-electron chi connectivity index (χ0n) is 21.8. The van der Waals surface area contributed by atoms with Gasteiger partial charge in [-0.25, -0.2) is 0 Å². The molecule has 2 bridgehead atoms. The minimum absolute atomic E-state index is 0.0121. The molecule has 0 radical (unpaired) electrons. The maximum atomic E-state index is 13.0. The van der Waals surface area contributed by atoms with Crippen LogP contribution in [-0.2, 0) is 19.1 Å². The van der Waals surface area contributed by atoms with Crippen molar-refractivity contribution in [1.29, 1.82) is 0 Å². The molecule has 0 saturated heterocycles. The Balaban J connectivity index is 1.32. The van der Waals surface area contributed by atoms with Crippen molar-refractivity contribution in [3.63, 3.8) is 0 Å². The Morgan fingerprint density at radius 1 is 0.892 bits per heavy atom. The molecule has 4 nitrogen and oxygen atoms in total. The van der Waals surface area contributed by atoms with Gasteiger partial charge in [0.05, 0.1) is 6.42 Å². The van der Waals surface area contributed by atoms with Gasteiger partial charge in [0.2, 0.25) is 0 Å². The molecular formula is C33H34O4. The Kier molecular flexibility index (Phi) is 6.61. The van der Waals surface area contributed by atoms with Crippen molar-refractivity contribution in [2.45, 2.75) is 58.5 Å². The van der Waals surface area contributed by atoms with E-state index in [2.05, 4.69) is 57.2 Å². The highest BCUT2D eigenvalue weighted by atomic mass is 16.5. The van der Waals surface area contributed by atoms with Gasteiger partial charge in [-0.1, -0.05) is 99.6 Å². The number of ketones is 2. The van der Waals surface area contributed by atoms with Crippen LogP contribution in [0.4, 0.5) is 0 Å². The smallest absolute Gasteiger partial charge is 0.313 e. The molecule has 190 valence electrons. The summed E-state index contributed by atoms with van der Waals surface area (Å²) < 4.78 is 6.15. The first-order valence-corrected chi connectivity index (χ1v) is 13.2. The zero-order valence-corrected chi connectivity index (χ0v) is 21.8. The molecule has 0 heterocycles. The standard InChI is InChI=1S/C33H34O4/c1-32(2)28-18-19-33(32,3)30(27-15-9-13-23-12-7-8-14-26(23)27)31(28)37-29(36)21-25(35)20-24(34)17-16-22-10-5-4-6-11-22/h4-17,28,30-31H,18-21H2,1-3H3/t28?,30?,31?,33-/m1/s1. The minimum atomic E-state index is -0.535. The number of rotatable bonds is 8. The molecule has 0 amide bonds. The molecule has 2 saturated carbocycles. The van der Waals surface area contributed by atoms with E-state index >= 15 is 0 Å². The second-order valence-corrected chi connectivity index (χ2v) is 11.4. The zero-order chi connectivity index (χ0) is 26.2. The Labute approximate surface area is 218 Å². The molecule has 0 aliphatic heterocycles. The van der Waals surface area contributed by atoms with Crippen LogP contribution in [-0.4, -0.2) is 23.6 Å². The first kappa shape index (κ1) is 25.1. The molecule has 4 heteroatoms. The van der Waals surface area contributed by atoms with E-state index in [1.165, 1.54) is 22.4 Å². The topological polar surface area (TPSA) is 60.4 Å². The van der Waals surface area contributed by atoms with Gasteiger partial charge in [-0.2, -0.15) is 0 Å². The molecule has 0 spiro atoms. The number of carbonyl (C=O) groups excluding carboxylic acids is 3. The normalized spacial score (nSPS) is 26.0. The van der Waals surface area contributed by atoms with Crippen LogP contribution in [0, 0.1) is 16.7 Å². The Morgan fingerprint density at radius 2 is 1.59 bits per heavy atom. The first-order valence-electron chi connectivity index (χ1n) is 13.2. The fraction of sp³-hybridized carbons (Fsp3) is 0.364. The fourth-order valence-corrected chi connectivity index (χ4v) is 6.90. The molecule has 0 N–H and O–H groups in total. The quantitative estimate of drug-likeness (QED) is 0.194. The van der Waals surface area contributed by atoms with Gasteiger partial charge in [-0.3, -0.25) is 14.4 Å². The predicted molar refractivity (Wildman–Crippen MR) is 146 cm³/mol. The van der Waals surface area contributed by atoms with E-state index in [1.54, 1.807) is 6.08 Å². The van der Waals surface area contributed by atoms with E-state index in [9.17, 15) is 14.4 Å². The van der Waals surface area contributed by atoms with Crippen LogP contribution in [0.1, 0.15) is 63.5 Å². The predicted octanol–water partition coefficient (Wildman–Crippen LogP) is 6.92. The van der Waals surface area contributed by atoms with E-state index in [0.717, 1.165) is 18.4 Å². The summed E-state index contributed by atoms with van der Waals surface area (Å²) >= 11 is 0. The van der Waals surface area contributed by atoms with E-state index in [1.807, 2.05) is 36.4 Å².